The molecule has 0 fully saturated rings. The number of amides is 1. The van der Waals surface area contributed by atoms with Crippen molar-refractivity contribution in [2.24, 2.45) is 5.10 Å². The van der Waals surface area contributed by atoms with E-state index in [1.807, 2.05) is 19.9 Å². The maximum Gasteiger partial charge on any atom is 0.261 e. The molecule has 0 radical (unpaired) electrons. The van der Waals surface area contributed by atoms with Gasteiger partial charge in [0, 0.05) is 5.69 Å². The molecule has 7 nitrogen and oxygen atoms in total. The molecule has 1 amide bonds. The molecule has 1 aromatic heterocycles. The van der Waals surface area contributed by atoms with Crippen molar-refractivity contribution in [3.8, 4) is 11.5 Å². The summed E-state index contributed by atoms with van der Waals surface area (Å²) < 4.78 is 7.14. The number of benzene rings is 1. The Bertz CT molecular complexity index is 755. The summed E-state index contributed by atoms with van der Waals surface area (Å²) in [6, 6.07) is 5.17. The van der Waals surface area contributed by atoms with Crippen LogP contribution < -0.4 is 10.2 Å². The lowest BCUT2D eigenvalue weighted by molar-refractivity contribution is -0.121. The zero-order valence-electron chi connectivity index (χ0n) is 13.0. The summed E-state index contributed by atoms with van der Waals surface area (Å²) in [4.78, 5) is 11.8. The molecular formula is C15H17BrN4O3. The predicted octanol–water partition coefficient (Wildman–Crippen LogP) is 2.13. The van der Waals surface area contributed by atoms with E-state index in [1.165, 1.54) is 13.3 Å². The summed E-state index contributed by atoms with van der Waals surface area (Å²) in [6.45, 7) is 3.85. The van der Waals surface area contributed by atoms with Crippen LogP contribution in [0.5, 0.6) is 11.5 Å². The maximum absolute atomic E-state index is 11.8. The van der Waals surface area contributed by atoms with Crippen molar-refractivity contribution in [2.45, 2.75) is 20.4 Å². The minimum atomic E-state index is -0.280. The number of methoxy groups -OCH3 is 1. The highest BCUT2D eigenvalue weighted by atomic mass is 79.9. The van der Waals surface area contributed by atoms with Gasteiger partial charge in [-0.25, -0.2) is 5.43 Å². The predicted molar refractivity (Wildman–Crippen MR) is 89.8 cm³/mol. The lowest BCUT2D eigenvalue weighted by Gasteiger charge is -2.06. The van der Waals surface area contributed by atoms with Crippen molar-refractivity contribution in [2.75, 3.05) is 7.11 Å². The number of carbonyl (C=O) groups excluding carboxylic acids is 1. The maximum atomic E-state index is 11.8. The third-order valence-corrected chi connectivity index (χ3v) is 3.67. The van der Waals surface area contributed by atoms with Crippen molar-refractivity contribution in [1.29, 1.82) is 0 Å². The number of halogens is 1. The Morgan fingerprint density at radius 3 is 2.83 bits per heavy atom. The number of phenolic OH excluding ortho intramolecular Hbond substituents is 1. The quantitative estimate of drug-likeness (QED) is 0.614. The summed E-state index contributed by atoms with van der Waals surface area (Å²) in [5.74, 6) is 0.0465. The number of aryl methyl sites for hydroxylation is 2. The van der Waals surface area contributed by atoms with Gasteiger partial charge >= 0.3 is 0 Å². The Kier molecular flexibility index (Phi) is 5.38. The van der Waals surface area contributed by atoms with Crippen LogP contribution in [0, 0.1) is 13.8 Å². The summed E-state index contributed by atoms with van der Waals surface area (Å²) in [5.41, 5.74) is 4.88. The average Bonchev–Trinajstić information content (AvgIpc) is 2.80. The van der Waals surface area contributed by atoms with Gasteiger partial charge in [0.15, 0.2) is 11.5 Å². The number of hydrazone groups is 1. The first-order valence-electron chi connectivity index (χ1n) is 6.80. The number of rotatable bonds is 5. The van der Waals surface area contributed by atoms with E-state index in [4.69, 9.17) is 4.74 Å². The smallest absolute Gasteiger partial charge is 0.261 e. The molecule has 2 rings (SSSR count). The van der Waals surface area contributed by atoms with Gasteiger partial charge in [0.25, 0.3) is 5.91 Å². The highest BCUT2D eigenvalue weighted by Gasteiger charge is 2.08. The Labute approximate surface area is 142 Å². The van der Waals surface area contributed by atoms with Crippen LogP contribution >= 0.6 is 15.9 Å². The number of phenols is 1. The van der Waals surface area contributed by atoms with Crippen LogP contribution in [0.1, 0.15) is 17.0 Å². The third kappa shape index (κ3) is 4.32. The Morgan fingerprint density at radius 1 is 1.48 bits per heavy atom. The molecule has 0 aliphatic heterocycles. The minimum absolute atomic E-state index is 0.0122. The molecular weight excluding hydrogens is 364 g/mol. The molecule has 2 N–H and O–H groups in total. The first-order valence-corrected chi connectivity index (χ1v) is 7.59. The molecule has 0 saturated carbocycles. The molecule has 23 heavy (non-hydrogen) atoms. The SMILES string of the molecule is COc1cc(C=NNC(=O)Cn2nc(C)cc2C)cc(Br)c1O. The van der Waals surface area contributed by atoms with Crippen LogP contribution in [-0.2, 0) is 11.3 Å². The third-order valence-electron chi connectivity index (χ3n) is 3.07. The molecule has 0 spiro atoms. The van der Waals surface area contributed by atoms with Gasteiger partial charge in [-0.2, -0.15) is 10.2 Å². The molecule has 0 aliphatic carbocycles. The van der Waals surface area contributed by atoms with Crippen molar-refractivity contribution < 1.29 is 14.6 Å². The molecule has 1 aromatic carbocycles. The van der Waals surface area contributed by atoms with E-state index >= 15 is 0 Å². The van der Waals surface area contributed by atoms with Gasteiger partial charge in [0.05, 0.1) is 23.5 Å². The fourth-order valence-corrected chi connectivity index (χ4v) is 2.47. The molecule has 8 heteroatoms. The first kappa shape index (κ1) is 17.0. The molecule has 1 heterocycles. The van der Waals surface area contributed by atoms with Gasteiger partial charge in [0.2, 0.25) is 0 Å². The Balaban J connectivity index is 2.00. The molecule has 0 saturated heterocycles. The van der Waals surface area contributed by atoms with Gasteiger partial charge < -0.3 is 9.84 Å². The Morgan fingerprint density at radius 2 is 2.22 bits per heavy atom. The molecule has 0 atom stereocenters. The number of aromatic nitrogens is 2. The monoisotopic (exact) mass is 380 g/mol. The van der Waals surface area contributed by atoms with E-state index < -0.39 is 0 Å². The summed E-state index contributed by atoms with van der Waals surface area (Å²) in [7, 11) is 1.46. The van der Waals surface area contributed by atoms with Crippen molar-refractivity contribution in [1.82, 2.24) is 15.2 Å². The van der Waals surface area contributed by atoms with Gasteiger partial charge in [-0.3, -0.25) is 9.48 Å². The summed E-state index contributed by atoms with van der Waals surface area (Å²) in [5, 5.41) is 17.8. The zero-order chi connectivity index (χ0) is 17.0. The number of carbonyl (C=O) groups is 1. The standard InChI is InChI=1S/C15H17BrN4O3/c1-9-4-10(2)20(19-9)8-14(21)18-17-7-11-5-12(16)15(22)13(6-11)23-3/h4-7,22H,8H2,1-3H3,(H,18,21). The lowest BCUT2D eigenvalue weighted by atomic mass is 10.2. The zero-order valence-corrected chi connectivity index (χ0v) is 14.6. The second-order valence-corrected chi connectivity index (χ2v) is 5.79. The molecule has 0 unspecified atom stereocenters. The number of aromatic hydroxyl groups is 1. The van der Waals surface area contributed by atoms with E-state index in [9.17, 15) is 9.90 Å². The van der Waals surface area contributed by atoms with Crippen LogP contribution in [0.2, 0.25) is 0 Å². The number of nitrogens with zero attached hydrogens (tertiary/aromatic N) is 3. The van der Waals surface area contributed by atoms with Crippen LogP contribution in [0.3, 0.4) is 0 Å². The molecule has 2 aromatic rings. The van der Waals surface area contributed by atoms with Crippen LogP contribution in [0.25, 0.3) is 0 Å². The fraction of sp³-hybridized carbons (Fsp3) is 0.267. The summed E-state index contributed by atoms with van der Waals surface area (Å²) in [6.07, 6.45) is 1.46. The topological polar surface area (TPSA) is 88.7 Å². The number of hydrogen-bond acceptors (Lipinski definition) is 5. The normalized spacial score (nSPS) is 11.0. The van der Waals surface area contributed by atoms with E-state index in [1.54, 1.807) is 16.8 Å². The first-order chi connectivity index (χ1) is 10.9. The Hall–Kier alpha value is -2.35. The highest BCUT2D eigenvalue weighted by Crippen LogP contribution is 2.34. The van der Waals surface area contributed by atoms with Crippen LogP contribution in [-0.4, -0.2) is 34.1 Å². The van der Waals surface area contributed by atoms with Gasteiger partial charge in [-0.1, -0.05) is 0 Å². The molecule has 0 aliphatic rings. The molecule has 0 bridgehead atoms. The molecule has 122 valence electrons. The van der Waals surface area contributed by atoms with Gasteiger partial charge in [-0.05, 0) is 53.5 Å². The second kappa shape index (κ2) is 7.28. The van der Waals surface area contributed by atoms with Crippen molar-refractivity contribution >= 4 is 28.1 Å². The average molecular weight is 381 g/mol. The van der Waals surface area contributed by atoms with E-state index in [-0.39, 0.29) is 18.2 Å². The highest BCUT2D eigenvalue weighted by molar-refractivity contribution is 9.10. The van der Waals surface area contributed by atoms with Gasteiger partial charge in [0.1, 0.15) is 6.54 Å². The van der Waals surface area contributed by atoms with E-state index in [0.717, 1.165) is 11.4 Å². The minimum Gasteiger partial charge on any atom is -0.503 e. The second-order valence-electron chi connectivity index (χ2n) is 4.93. The van der Waals surface area contributed by atoms with Crippen LogP contribution in [0.15, 0.2) is 27.8 Å². The fourth-order valence-electron chi connectivity index (χ4n) is 2.01. The number of ether oxygens (including phenoxy) is 1. The van der Waals surface area contributed by atoms with Crippen LogP contribution in [0.4, 0.5) is 0 Å². The lowest BCUT2D eigenvalue weighted by Crippen LogP contribution is -2.24. The van der Waals surface area contributed by atoms with E-state index in [0.29, 0.717) is 15.8 Å². The number of hydrogen-bond donors (Lipinski definition) is 2. The van der Waals surface area contributed by atoms with E-state index in [2.05, 4.69) is 31.6 Å². The van der Waals surface area contributed by atoms with Crippen molar-refractivity contribution in [3.05, 3.63) is 39.6 Å². The largest absolute Gasteiger partial charge is 0.503 e. The van der Waals surface area contributed by atoms with Gasteiger partial charge in [-0.15, -0.1) is 0 Å². The summed E-state index contributed by atoms with van der Waals surface area (Å²) >= 11 is 3.22. The number of nitrogens with one attached hydrogen (secondary N) is 1. The van der Waals surface area contributed by atoms with Crippen molar-refractivity contribution in [3.63, 3.8) is 0 Å².